The number of carboxylic acids is 1. The third kappa shape index (κ3) is 2.64. The first-order valence-electron chi connectivity index (χ1n) is 5.89. The Balaban J connectivity index is 2.35. The molecule has 1 fully saturated rings. The van der Waals surface area contributed by atoms with Crippen molar-refractivity contribution >= 4 is 33.5 Å². The van der Waals surface area contributed by atoms with Gasteiger partial charge in [-0.2, -0.15) is 0 Å². The van der Waals surface area contributed by atoms with Crippen LogP contribution in [0.4, 0.5) is 5.69 Å². The summed E-state index contributed by atoms with van der Waals surface area (Å²) in [7, 11) is 0. The lowest BCUT2D eigenvalue weighted by atomic mass is 10.1. The lowest BCUT2D eigenvalue weighted by Gasteiger charge is -2.21. The Morgan fingerprint density at radius 2 is 2.15 bits per heavy atom. The van der Waals surface area contributed by atoms with E-state index in [2.05, 4.69) is 15.9 Å². The highest BCUT2D eigenvalue weighted by molar-refractivity contribution is 9.10. The average Bonchev–Trinajstić information content (AvgIpc) is 2.87. The van der Waals surface area contributed by atoms with Crippen LogP contribution in [0.1, 0.15) is 23.2 Å². The van der Waals surface area contributed by atoms with Crippen molar-refractivity contribution < 1.29 is 19.6 Å². The zero-order valence-electron chi connectivity index (χ0n) is 10.3. The highest BCUT2D eigenvalue weighted by Gasteiger charge is 2.35. The third-order valence-corrected chi connectivity index (χ3v) is 3.88. The highest BCUT2D eigenvalue weighted by atomic mass is 79.9. The van der Waals surface area contributed by atoms with Gasteiger partial charge in [0.05, 0.1) is 10.5 Å². The molecule has 8 heteroatoms. The Bertz CT molecular complexity index is 589. The Morgan fingerprint density at radius 3 is 2.75 bits per heavy atom. The number of carbonyl (C=O) groups excluding carboxylic acids is 1. The molecule has 1 aromatic carbocycles. The molecular formula is C12H11BrN2O5. The van der Waals surface area contributed by atoms with Gasteiger partial charge in [0.2, 0.25) is 0 Å². The molecule has 0 aliphatic carbocycles. The first kappa shape index (κ1) is 14.4. The van der Waals surface area contributed by atoms with Crippen LogP contribution in [-0.4, -0.2) is 39.4 Å². The fraction of sp³-hybridized carbons (Fsp3) is 0.333. The molecule has 0 radical (unpaired) electrons. The molecule has 1 aromatic rings. The van der Waals surface area contributed by atoms with E-state index < -0.39 is 22.8 Å². The van der Waals surface area contributed by atoms with Gasteiger partial charge in [0, 0.05) is 23.2 Å². The van der Waals surface area contributed by atoms with Crippen LogP contribution in [-0.2, 0) is 4.79 Å². The van der Waals surface area contributed by atoms with Gasteiger partial charge in [-0.05, 0) is 34.8 Å². The number of likely N-dealkylation sites (tertiary alicyclic amines) is 1. The monoisotopic (exact) mass is 342 g/mol. The summed E-state index contributed by atoms with van der Waals surface area (Å²) in [4.78, 5) is 34.9. The zero-order valence-corrected chi connectivity index (χ0v) is 11.9. The standard InChI is InChI=1S/C12H11BrN2O5/c13-9-4-3-7(15(19)20)6-8(9)11(16)14-5-1-2-10(14)12(17)18/h3-4,6,10H,1-2,5H2,(H,17,18). The normalized spacial score (nSPS) is 18.1. The Morgan fingerprint density at radius 1 is 1.45 bits per heavy atom. The summed E-state index contributed by atoms with van der Waals surface area (Å²) in [5, 5.41) is 19.8. The largest absolute Gasteiger partial charge is 0.480 e. The summed E-state index contributed by atoms with van der Waals surface area (Å²) in [5.41, 5.74) is -0.102. The second-order valence-electron chi connectivity index (χ2n) is 4.42. The highest BCUT2D eigenvalue weighted by Crippen LogP contribution is 2.27. The molecule has 1 unspecified atom stereocenters. The number of hydrogen-bond donors (Lipinski definition) is 1. The fourth-order valence-corrected chi connectivity index (χ4v) is 2.63. The Kier molecular flexibility index (Phi) is 4.03. The van der Waals surface area contributed by atoms with Gasteiger partial charge in [-0.3, -0.25) is 14.9 Å². The van der Waals surface area contributed by atoms with Crippen LogP contribution in [0.15, 0.2) is 22.7 Å². The summed E-state index contributed by atoms with van der Waals surface area (Å²) >= 11 is 3.17. The van der Waals surface area contributed by atoms with E-state index >= 15 is 0 Å². The maximum atomic E-state index is 12.4. The number of hydrogen-bond acceptors (Lipinski definition) is 4. The van der Waals surface area contributed by atoms with Crippen molar-refractivity contribution in [1.29, 1.82) is 0 Å². The summed E-state index contributed by atoms with van der Waals surface area (Å²) in [5.74, 6) is -1.57. The zero-order chi connectivity index (χ0) is 14.9. The molecule has 1 N–H and O–H groups in total. The number of halogens is 1. The molecule has 20 heavy (non-hydrogen) atoms. The second kappa shape index (κ2) is 5.58. The predicted octanol–water partition coefficient (Wildman–Crippen LogP) is 2.05. The number of benzene rings is 1. The molecule has 7 nitrogen and oxygen atoms in total. The molecular weight excluding hydrogens is 332 g/mol. The van der Waals surface area contributed by atoms with Gasteiger partial charge in [0.25, 0.3) is 11.6 Å². The number of carbonyl (C=O) groups is 2. The molecule has 1 atom stereocenters. The summed E-state index contributed by atoms with van der Waals surface area (Å²) in [6.45, 7) is 0.338. The van der Waals surface area contributed by atoms with E-state index in [1.807, 2.05) is 0 Å². The van der Waals surface area contributed by atoms with Crippen molar-refractivity contribution in [3.8, 4) is 0 Å². The van der Waals surface area contributed by atoms with Gasteiger partial charge in [-0.15, -0.1) is 0 Å². The quantitative estimate of drug-likeness (QED) is 0.669. The van der Waals surface area contributed by atoms with E-state index in [1.54, 1.807) is 0 Å². The minimum atomic E-state index is -1.06. The average molecular weight is 343 g/mol. The number of rotatable bonds is 3. The summed E-state index contributed by atoms with van der Waals surface area (Å²) in [6.07, 6.45) is 1.00. The van der Waals surface area contributed by atoms with Crippen molar-refractivity contribution in [1.82, 2.24) is 4.90 Å². The molecule has 0 bridgehead atoms. The third-order valence-electron chi connectivity index (χ3n) is 3.19. The van der Waals surface area contributed by atoms with Crippen LogP contribution in [0.25, 0.3) is 0 Å². The number of nitro benzene ring substituents is 1. The SMILES string of the molecule is O=C(O)C1CCCN1C(=O)c1cc([N+](=O)[O-])ccc1Br. The number of nitrogens with zero attached hydrogens (tertiary/aromatic N) is 2. The van der Waals surface area contributed by atoms with Gasteiger partial charge in [0.1, 0.15) is 6.04 Å². The molecule has 1 aliphatic rings. The molecule has 1 aliphatic heterocycles. The predicted molar refractivity (Wildman–Crippen MR) is 72.5 cm³/mol. The van der Waals surface area contributed by atoms with Crippen LogP contribution in [0.3, 0.4) is 0 Å². The van der Waals surface area contributed by atoms with Gasteiger partial charge in [-0.1, -0.05) is 0 Å². The lowest BCUT2D eigenvalue weighted by molar-refractivity contribution is -0.384. The molecule has 0 aromatic heterocycles. The molecule has 0 spiro atoms. The van der Waals surface area contributed by atoms with Crippen molar-refractivity contribution in [3.05, 3.63) is 38.3 Å². The van der Waals surface area contributed by atoms with Crippen LogP contribution >= 0.6 is 15.9 Å². The van der Waals surface area contributed by atoms with Gasteiger partial charge in [0.15, 0.2) is 0 Å². The number of nitro groups is 1. The second-order valence-corrected chi connectivity index (χ2v) is 5.27. The van der Waals surface area contributed by atoms with Gasteiger partial charge in [-0.25, -0.2) is 4.79 Å². The fourth-order valence-electron chi connectivity index (χ4n) is 2.21. The smallest absolute Gasteiger partial charge is 0.326 e. The van der Waals surface area contributed by atoms with E-state index in [9.17, 15) is 19.7 Å². The Labute approximate surface area is 122 Å². The number of amides is 1. The summed E-state index contributed by atoms with van der Waals surface area (Å²) in [6, 6.07) is 2.98. The first-order chi connectivity index (χ1) is 9.41. The summed E-state index contributed by atoms with van der Waals surface area (Å²) < 4.78 is 0.407. The maximum absolute atomic E-state index is 12.4. The number of non-ortho nitro benzene ring substituents is 1. The molecule has 106 valence electrons. The van der Waals surface area contributed by atoms with E-state index in [0.717, 1.165) is 6.07 Å². The minimum Gasteiger partial charge on any atom is -0.480 e. The van der Waals surface area contributed by atoms with E-state index in [0.29, 0.717) is 23.9 Å². The first-order valence-corrected chi connectivity index (χ1v) is 6.69. The van der Waals surface area contributed by atoms with Crippen molar-refractivity contribution in [2.75, 3.05) is 6.54 Å². The Hall–Kier alpha value is -1.96. The number of carboxylic acid groups (broad SMARTS) is 1. The maximum Gasteiger partial charge on any atom is 0.326 e. The molecule has 1 amide bonds. The molecule has 1 saturated heterocycles. The minimum absolute atomic E-state index is 0.104. The molecule has 0 saturated carbocycles. The van der Waals surface area contributed by atoms with Crippen LogP contribution in [0, 0.1) is 10.1 Å². The van der Waals surface area contributed by atoms with E-state index in [1.165, 1.54) is 17.0 Å². The van der Waals surface area contributed by atoms with E-state index in [4.69, 9.17) is 5.11 Å². The lowest BCUT2D eigenvalue weighted by Crippen LogP contribution is -2.40. The van der Waals surface area contributed by atoms with Gasteiger partial charge < -0.3 is 10.0 Å². The van der Waals surface area contributed by atoms with Crippen LogP contribution in [0.5, 0.6) is 0 Å². The topological polar surface area (TPSA) is 101 Å². The number of aliphatic carboxylic acids is 1. The molecule has 2 rings (SSSR count). The van der Waals surface area contributed by atoms with Crippen LogP contribution in [0.2, 0.25) is 0 Å². The van der Waals surface area contributed by atoms with Crippen molar-refractivity contribution in [2.45, 2.75) is 18.9 Å². The van der Waals surface area contributed by atoms with Gasteiger partial charge >= 0.3 is 5.97 Å². The molecule has 1 heterocycles. The van der Waals surface area contributed by atoms with E-state index in [-0.39, 0.29) is 11.3 Å². The van der Waals surface area contributed by atoms with Crippen molar-refractivity contribution in [3.63, 3.8) is 0 Å². The van der Waals surface area contributed by atoms with Crippen molar-refractivity contribution in [2.24, 2.45) is 0 Å². The van der Waals surface area contributed by atoms with Crippen LogP contribution < -0.4 is 0 Å².